The molecule has 0 aromatic heterocycles. The lowest BCUT2D eigenvalue weighted by atomic mass is 9.82. The lowest BCUT2D eigenvalue weighted by Crippen LogP contribution is -2.49. The summed E-state index contributed by atoms with van der Waals surface area (Å²) in [6.07, 6.45) is 1.68. The van der Waals surface area contributed by atoms with Crippen LogP contribution in [0.2, 0.25) is 0 Å². The zero-order valence-electron chi connectivity index (χ0n) is 11.9. The first-order chi connectivity index (χ1) is 8.91. The standard InChI is InChI=1S/C15H21FN2O.ClH/c1-15(2,11-4-3-5-12(16)10-11)14(19)18-8-6-13(17)7-9-18;/h3-5,10,13H,6-9,17H2,1-2H3;1H. The molecule has 0 aliphatic carbocycles. The van der Waals surface area contributed by atoms with Gasteiger partial charge in [-0.2, -0.15) is 0 Å². The molecule has 1 aromatic rings. The third-order valence-electron chi connectivity index (χ3n) is 3.91. The van der Waals surface area contributed by atoms with Crippen LogP contribution in [0.4, 0.5) is 4.39 Å². The number of carbonyl (C=O) groups excluding carboxylic acids is 1. The van der Waals surface area contributed by atoms with Crippen molar-refractivity contribution in [2.24, 2.45) is 5.73 Å². The molecule has 1 aliphatic heterocycles. The van der Waals surface area contributed by atoms with Crippen LogP contribution in [0.15, 0.2) is 24.3 Å². The van der Waals surface area contributed by atoms with Crippen molar-refractivity contribution in [1.82, 2.24) is 4.90 Å². The van der Waals surface area contributed by atoms with Gasteiger partial charge in [-0.3, -0.25) is 4.79 Å². The van der Waals surface area contributed by atoms with Gasteiger partial charge in [0.15, 0.2) is 0 Å². The maximum absolute atomic E-state index is 13.3. The van der Waals surface area contributed by atoms with Gasteiger partial charge in [-0.05, 0) is 44.4 Å². The summed E-state index contributed by atoms with van der Waals surface area (Å²) in [5.74, 6) is -0.260. The molecule has 5 heteroatoms. The molecule has 112 valence electrons. The van der Waals surface area contributed by atoms with Gasteiger partial charge < -0.3 is 10.6 Å². The maximum atomic E-state index is 13.3. The van der Waals surface area contributed by atoms with E-state index in [1.807, 2.05) is 18.7 Å². The zero-order chi connectivity index (χ0) is 14.0. The Labute approximate surface area is 125 Å². The van der Waals surface area contributed by atoms with Crippen molar-refractivity contribution in [1.29, 1.82) is 0 Å². The van der Waals surface area contributed by atoms with Crippen LogP contribution >= 0.6 is 12.4 Å². The van der Waals surface area contributed by atoms with E-state index in [-0.39, 0.29) is 30.2 Å². The van der Waals surface area contributed by atoms with E-state index in [1.54, 1.807) is 12.1 Å². The molecule has 1 aromatic carbocycles. The first-order valence-electron chi connectivity index (χ1n) is 6.72. The smallest absolute Gasteiger partial charge is 0.232 e. The number of nitrogens with two attached hydrogens (primary N) is 1. The highest BCUT2D eigenvalue weighted by Crippen LogP contribution is 2.27. The molecule has 1 saturated heterocycles. The van der Waals surface area contributed by atoms with Crippen LogP contribution in [-0.4, -0.2) is 29.9 Å². The normalized spacial score (nSPS) is 16.7. The van der Waals surface area contributed by atoms with E-state index in [0.29, 0.717) is 18.7 Å². The van der Waals surface area contributed by atoms with Gasteiger partial charge in [-0.15, -0.1) is 12.4 Å². The summed E-state index contributed by atoms with van der Waals surface area (Å²) in [6.45, 7) is 5.08. The lowest BCUT2D eigenvalue weighted by Gasteiger charge is -2.36. The number of likely N-dealkylation sites (tertiary alicyclic amines) is 1. The van der Waals surface area contributed by atoms with Gasteiger partial charge in [0.25, 0.3) is 0 Å². The first-order valence-corrected chi connectivity index (χ1v) is 6.72. The zero-order valence-corrected chi connectivity index (χ0v) is 12.8. The minimum atomic E-state index is -0.705. The third kappa shape index (κ3) is 3.49. The molecule has 1 fully saturated rings. The molecule has 2 rings (SSSR count). The number of rotatable bonds is 2. The average molecular weight is 301 g/mol. The fourth-order valence-electron chi connectivity index (χ4n) is 2.50. The number of nitrogens with zero attached hydrogens (tertiary/aromatic N) is 1. The summed E-state index contributed by atoms with van der Waals surface area (Å²) in [4.78, 5) is 14.4. The minimum absolute atomic E-state index is 0. The number of carbonyl (C=O) groups is 1. The molecule has 0 spiro atoms. The summed E-state index contributed by atoms with van der Waals surface area (Å²) < 4.78 is 13.3. The summed E-state index contributed by atoms with van der Waals surface area (Å²) in [6, 6.07) is 6.47. The van der Waals surface area contributed by atoms with Crippen molar-refractivity contribution in [2.45, 2.75) is 38.1 Å². The third-order valence-corrected chi connectivity index (χ3v) is 3.91. The Hall–Kier alpha value is -1.13. The van der Waals surface area contributed by atoms with Crippen molar-refractivity contribution in [3.8, 4) is 0 Å². The van der Waals surface area contributed by atoms with E-state index >= 15 is 0 Å². The number of benzene rings is 1. The maximum Gasteiger partial charge on any atom is 0.232 e. The molecule has 0 bridgehead atoms. The molecule has 0 radical (unpaired) electrons. The van der Waals surface area contributed by atoms with E-state index < -0.39 is 5.41 Å². The van der Waals surface area contributed by atoms with Gasteiger partial charge in [0.2, 0.25) is 5.91 Å². The van der Waals surface area contributed by atoms with Crippen LogP contribution < -0.4 is 5.73 Å². The fraction of sp³-hybridized carbons (Fsp3) is 0.533. The van der Waals surface area contributed by atoms with Crippen LogP contribution in [0, 0.1) is 5.82 Å². The van der Waals surface area contributed by atoms with Gasteiger partial charge >= 0.3 is 0 Å². The number of piperidine rings is 1. The molecule has 1 amide bonds. The molecular weight excluding hydrogens is 279 g/mol. The van der Waals surface area contributed by atoms with E-state index in [4.69, 9.17) is 5.73 Å². The molecule has 1 aliphatic rings. The van der Waals surface area contributed by atoms with Crippen molar-refractivity contribution in [3.63, 3.8) is 0 Å². The second-order valence-electron chi connectivity index (χ2n) is 5.76. The predicted molar refractivity (Wildman–Crippen MR) is 80.5 cm³/mol. The topological polar surface area (TPSA) is 46.3 Å². The van der Waals surface area contributed by atoms with Crippen LogP contribution in [0.5, 0.6) is 0 Å². The van der Waals surface area contributed by atoms with E-state index in [0.717, 1.165) is 12.8 Å². The van der Waals surface area contributed by atoms with Gasteiger partial charge in [0.05, 0.1) is 5.41 Å². The second kappa shape index (κ2) is 6.55. The molecule has 20 heavy (non-hydrogen) atoms. The summed E-state index contributed by atoms with van der Waals surface area (Å²) in [5, 5.41) is 0. The average Bonchev–Trinajstić information content (AvgIpc) is 2.39. The van der Waals surface area contributed by atoms with Crippen LogP contribution in [0.1, 0.15) is 32.3 Å². The Balaban J connectivity index is 0.00000200. The Morgan fingerprint density at radius 2 is 1.95 bits per heavy atom. The van der Waals surface area contributed by atoms with Gasteiger partial charge in [0.1, 0.15) is 5.82 Å². The summed E-state index contributed by atoms with van der Waals surface area (Å²) >= 11 is 0. The molecule has 0 saturated carbocycles. The molecule has 3 nitrogen and oxygen atoms in total. The summed E-state index contributed by atoms with van der Waals surface area (Å²) in [7, 11) is 0. The van der Waals surface area contributed by atoms with E-state index in [1.165, 1.54) is 12.1 Å². The van der Waals surface area contributed by atoms with E-state index in [9.17, 15) is 9.18 Å². The minimum Gasteiger partial charge on any atom is -0.342 e. The van der Waals surface area contributed by atoms with Gasteiger partial charge in [0, 0.05) is 19.1 Å². The van der Waals surface area contributed by atoms with Crippen molar-refractivity contribution < 1.29 is 9.18 Å². The monoisotopic (exact) mass is 300 g/mol. The Kier molecular flexibility index (Phi) is 5.54. The highest BCUT2D eigenvalue weighted by atomic mass is 35.5. The molecule has 0 atom stereocenters. The summed E-state index contributed by atoms with van der Waals surface area (Å²) in [5.41, 5.74) is 5.86. The fourth-order valence-corrected chi connectivity index (χ4v) is 2.50. The van der Waals surface area contributed by atoms with Gasteiger partial charge in [-0.1, -0.05) is 12.1 Å². The van der Waals surface area contributed by atoms with Crippen LogP contribution in [0.3, 0.4) is 0 Å². The highest BCUT2D eigenvalue weighted by molar-refractivity contribution is 5.87. The lowest BCUT2D eigenvalue weighted by molar-refractivity contribution is -0.137. The van der Waals surface area contributed by atoms with Crippen molar-refractivity contribution >= 4 is 18.3 Å². The number of amides is 1. The van der Waals surface area contributed by atoms with Crippen LogP contribution in [-0.2, 0) is 10.2 Å². The Morgan fingerprint density at radius 1 is 1.35 bits per heavy atom. The molecule has 0 unspecified atom stereocenters. The molecule has 2 N–H and O–H groups in total. The molecular formula is C15H22ClFN2O. The number of hydrogen-bond donors (Lipinski definition) is 1. The molecule has 1 heterocycles. The van der Waals surface area contributed by atoms with E-state index in [2.05, 4.69) is 0 Å². The highest BCUT2D eigenvalue weighted by Gasteiger charge is 2.35. The predicted octanol–water partition coefficient (Wildman–Crippen LogP) is 2.47. The van der Waals surface area contributed by atoms with Crippen LogP contribution in [0.25, 0.3) is 0 Å². The number of hydrogen-bond acceptors (Lipinski definition) is 2. The van der Waals surface area contributed by atoms with Gasteiger partial charge in [-0.25, -0.2) is 4.39 Å². The first kappa shape index (κ1) is 16.9. The quantitative estimate of drug-likeness (QED) is 0.912. The second-order valence-corrected chi connectivity index (χ2v) is 5.76. The van der Waals surface area contributed by atoms with Crippen molar-refractivity contribution in [3.05, 3.63) is 35.6 Å². The Bertz CT molecular complexity index is 471. The number of halogens is 2. The Morgan fingerprint density at radius 3 is 2.50 bits per heavy atom. The SMILES string of the molecule is CC(C)(C(=O)N1CCC(N)CC1)c1cccc(F)c1.Cl. The van der Waals surface area contributed by atoms with Crippen molar-refractivity contribution in [2.75, 3.05) is 13.1 Å². The largest absolute Gasteiger partial charge is 0.342 e.